The number of rotatable bonds is 28. The summed E-state index contributed by atoms with van der Waals surface area (Å²) in [4.78, 5) is 154. The van der Waals surface area contributed by atoms with E-state index < -0.39 is 145 Å². The molecule has 65 heavy (non-hydrogen) atoms. The van der Waals surface area contributed by atoms with Gasteiger partial charge in [-0.25, -0.2) is 4.79 Å². The highest BCUT2D eigenvalue weighted by Crippen LogP contribution is 2.19. The third kappa shape index (κ3) is 18.6. The second kappa shape index (κ2) is 26.4. The molecule has 0 spiro atoms. The minimum atomic E-state index is -2.21. The quantitative estimate of drug-likeness (QED) is 0.0353. The predicted octanol–water partition coefficient (Wildman–Crippen LogP) is -4.41. The molecular formula is C39H55N9O17. The average molecular weight is 922 g/mol. The minimum Gasteiger partial charge on any atom is -0.481 e. The number of carboxylic acids is 5. The van der Waals surface area contributed by atoms with Gasteiger partial charge in [-0.05, 0) is 51.1 Å². The normalized spacial score (nSPS) is 16.4. The van der Waals surface area contributed by atoms with Crippen LogP contribution < -0.4 is 43.4 Å². The molecule has 7 amide bonds. The van der Waals surface area contributed by atoms with Crippen LogP contribution in [0.4, 0.5) is 0 Å². The highest BCUT2D eigenvalue weighted by atomic mass is 16.4. The summed E-state index contributed by atoms with van der Waals surface area (Å²) in [5, 5.41) is 60.3. The first-order chi connectivity index (χ1) is 30.5. The van der Waals surface area contributed by atoms with E-state index in [1.54, 1.807) is 30.3 Å². The minimum absolute atomic E-state index is 0.139. The zero-order chi connectivity index (χ0) is 49.0. The summed E-state index contributed by atoms with van der Waals surface area (Å²) in [6.45, 7) is 1.83. The number of likely N-dealkylation sites (tertiary alicyclic amines) is 1. The molecule has 1 aromatic carbocycles. The molecule has 0 aliphatic carbocycles. The van der Waals surface area contributed by atoms with Gasteiger partial charge in [-0.2, -0.15) is 0 Å². The van der Waals surface area contributed by atoms with Crippen LogP contribution in [0.1, 0.15) is 70.3 Å². The molecule has 0 bridgehead atoms. The van der Waals surface area contributed by atoms with Gasteiger partial charge in [-0.3, -0.25) is 52.7 Å². The summed E-state index contributed by atoms with van der Waals surface area (Å²) in [7, 11) is 0. The van der Waals surface area contributed by atoms with Crippen LogP contribution in [0, 0.1) is 0 Å². The van der Waals surface area contributed by atoms with Crippen LogP contribution in [0.15, 0.2) is 30.3 Å². The molecule has 0 radical (unpaired) electrons. The maximum atomic E-state index is 13.8. The Kier molecular flexibility index (Phi) is 21.9. The monoisotopic (exact) mass is 921 g/mol. The molecule has 1 aromatic rings. The standard InChI is InChI=1S/C39H55N9O17/c1-19(41)38(63)48-13-7-11-27(48)37(62)47-22(14-20-8-3-2-4-9-20)32(57)43-24(16-29(51)52)34(59)45-26(18-31(55)56)36(61)46-25(17-30(53)54)35(60)44-23(15-28(49)50)33(58)42-21(39(64)65)10-5-6-12-40/h2-4,8-9,19,21-27H,5-7,10-18,40-41H2,1H3,(H,42,58)(H,43,57)(H,44,60)(H,45,59)(H,46,61)(H,47,62)(H,49,50)(H,51,52)(H,53,54)(H,55,56)(H,64,65). The van der Waals surface area contributed by atoms with Gasteiger partial charge in [0.25, 0.3) is 0 Å². The molecule has 26 nitrogen and oxygen atoms in total. The lowest BCUT2D eigenvalue weighted by Crippen LogP contribution is -2.61. The molecule has 15 N–H and O–H groups in total. The lowest BCUT2D eigenvalue weighted by molar-refractivity contribution is -0.145. The van der Waals surface area contributed by atoms with Crippen molar-refractivity contribution in [2.75, 3.05) is 13.1 Å². The molecule has 26 heteroatoms. The van der Waals surface area contributed by atoms with E-state index in [1.165, 1.54) is 11.8 Å². The number of nitrogens with two attached hydrogens (primary N) is 2. The van der Waals surface area contributed by atoms with Gasteiger partial charge in [0.1, 0.15) is 42.3 Å². The summed E-state index contributed by atoms with van der Waals surface area (Å²) < 4.78 is 0. The summed E-state index contributed by atoms with van der Waals surface area (Å²) in [5.41, 5.74) is 11.7. The zero-order valence-electron chi connectivity index (χ0n) is 35.2. The molecule has 1 fully saturated rings. The van der Waals surface area contributed by atoms with Crippen molar-refractivity contribution in [1.82, 2.24) is 36.8 Å². The van der Waals surface area contributed by atoms with Gasteiger partial charge in [0.2, 0.25) is 41.4 Å². The Labute approximate surface area is 370 Å². The number of hydrogen-bond acceptors (Lipinski definition) is 14. The molecule has 2 rings (SSSR count). The Morgan fingerprint density at radius 2 is 1.00 bits per heavy atom. The first kappa shape index (κ1) is 53.9. The predicted molar refractivity (Wildman–Crippen MR) is 220 cm³/mol. The fraction of sp³-hybridized carbons (Fsp3) is 0.538. The van der Waals surface area contributed by atoms with Crippen molar-refractivity contribution >= 4 is 71.2 Å². The summed E-state index contributed by atoms with van der Waals surface area (Å²) >= 11 is 0. The molecule has 8 atom stereocenters. The number of nitrogens with zero attached hydrogens (tertiary/aromatic N) is 1. The molecular weight excluding hydrogens is 866 g/mol. The molecule has 358 valence electrons. The van der Waals surface area contributed by atoms with Gasteiger partial charge in [0.15, 0.2) is 0 Å². The second-order valence-corrected chi connectivity index (χ2v) is 15.0. The van der Waals surface area contributed by atoms with Crippen LogP contribution >= 0.6 is 0 Å². The van der Waals surface area contributed by atoms with Crippen LogP contribution in [-0.2, 0) is 64.0 Å². The maximum absolute atomic E-state index is 13.8. The van der Waals surface area contributed by atoms with Crippen molar-refractivity contribution in [3.63, 3.8) is 0 Å². The van der Waals surface area contributed by atoms with Crippen molar-refractivity contribution in [1.29, 1.82) is 0 Å². The van der Waals surface area contributed by atoms with Crippen LogP contribution in [-0.4, -0.2) is 163 Å². The highest BCUT2D eigenvalue weighted by Gasteiger charge is 2.39. The van der Waals surface area contributed by atoms with Crippen LogP contribution in [0.3, 0.4) is 0 Å². The van der Waals surface area contributed by atoms with E-state index in [4.69, 9.17) is 11.5 Å². The van der Waals surface area contributed by atoms with Gasteiger partial charge >= 0.3 is 29.8 Å². The molecule has 0 aromatic heterocycles. The van der Waals surface area contributed by atoms with Gasteiger partial charge < -0.3 is 73.8 Å². The van der Waals surface area contributed by atoms with Crippen molar-refractivity contribution in [3.05, 3.63) is 35.9 Å². The van der Waals surface area contributed by atoms with Gasteiger partial charge in [-0.15, -0.1) is 0 Å². The number of carboxylic acid groups (broad SMARTS) is 5. The Morgan fingerprint density at radius 3 is 1.37 bits per heavy atom. The fourth-order valence-electron chi connectivity index (χ4n) is 6.54. The molecule has 0 saturated carbocycles. The Balaban J connectivity index is 2.37. The summed E-state index contributed by atoms with van der Waals surface area (Å²) in [6, 6.07) is -5.43. The second-order valence-electron chi connectivity index (χ2n) is 15.0. The lowest BCUT2D eigenvalue weighted by Gasteiger charge is -2.28. The van der Waals surface area contributed by atoms with Crippen LogP contribution in [0.2, 0.25) is 0 Å². The third-order valence-corrected chi connectivity index (χ3v) is 9.75. The van der Waals surface area contributed by atoms with E-state index in [-0.39, 0.29) is 38.8 Å². The number of nitrogens with one attached hydrogen (secondary N) is 6. The zero-order valence-corrected chi connectivity index (χ0v) is 35.2. The smallest absolute Gasteiger partial charge is 0.326 e. The van der Waals surface area contributed by atoms with E-state index in [9.17, 15) is 83.1 Å². The highest BCUT2D eigenvalue weighted by molar-refractivity contribution is 6.00. The largest absolute Gasteiger partial charge is 0.481 e. The van der Waals surface area contributed by atoms with Crippen molar-refractivity contribution in [2.24, 2.45) is 11.5 Å². The maximum Gasteiger partial charge on any atom is 0.326 e. The molecule has 1 aliphatic rings. The van der Waals surface area contributed by atoms with E-state index in [0.29, 0.717) is 18.4 Å². The number of unbranched alkanes of at least 4 members (excludes halogenated alkanes) is 1. The number of aliphatic carboxylic acids is 5. The molecule has 8 unspecified atom stereocenters. The topological polar surface area (TPSA) is 433 Å². The Hall–Kier alpha value is -7.22. The molecule has 1 aliphatic heterocycles. The van der Waals surface area contributed by atoms with E-state index in [1.807, 2.05) is 16.0 Å². The molecule has 1 heterocycles. The number of amides is 7. The summed E-state index contributed by atoms with van der Waals surface area (Å²) in [6.07, 6.45) is -3.96. The van der Waals surface area contributed by atoms with Crippen molar-refractivity contribution < 1.29 is 83.1 Å². The van der Waals surface area contributed by atoms with Crippen LogP contribution in [0.5, 0.6) is 0 Å². The van der Waals surface area contributed by atoms with Crippen molar-refractivity contribution in [3.8, 4) is 0 Å². The van der Waals surface area contributed by atoms with Gasteiger partial charge in [-0.1, -0.05) is 30.3 Å². The van der Waals surface area contributed by atoms with Gasteiger partial charge in [0.05, 0.1) is 31.7 Å². The number of benzene rings is 1. The first-order valence-corrected chi connectivity index (χ1v) is 20.3. The fourth-order valence-corrected chi connectivity index (χ4v) is 6.54. The Bertz CT molecular complexity index is 1930. The number of carbonyl (C=O) groups excluding carboxylic acids is 7. The lowest BCUT2D eigenvalue weighted by atomic mass is 10.0. The van der Waals surface area contributed by atoms with E-state index >= 15 is 0 Å². The Morgan fingerprint density at radius 1 is 0.600 bits per heavy atom. The molecule has 1 saturated heterocycles. The third-order valence-electron chi connectivity index (χ3n) is 9.75. The average Bonchev–Trinajstić information content (AvgIpc) is 3.71. The number of carbonyl (C=O) groups is 12. The SMILES string of the molecule is CC(N)C(=O)N1CCCC1C(=O)NC(Cc1ccccc1)C(=O)NC(CC(=O)O)C(=O)NC(CC(=O)O)C(=O)NC(CC(=O)O)C(=O)NC(CC(=O)O)C(=O)NC(CCCCN)C(=O)O. The number of hydrogen-bond donors (Lipinski definition) is 13. The first-order valence-electron chi connectivity index (χ1n) is 20.3. The summed E-state index contributed by atoms with van der Waals surface area (Å²) in [5.74, 6) is -16.6. The van der Waals surface area contributed by atoms with E-state index in [2.05, 4.69) is 16.0 Å². The van der Waals surface area contributed by atoms with Gasteiger partial charge in [0, 0.05) is 13.0 Å². The van der Waals surface area contributed by atoms with Crippen molar-refractivity contribution in [2.45, 2.75) is 119 Å². The van der Waals surface area contributed by atoms with E-state index in [0.717, 1.165) is 0 Å². The van der Waals surface area contributed by atoms with Crippen LogP contribution in [0.25, 0.3) is 0 Å².